The van der Waals surface area contributed by atoms with Gasteiger partial charge in [-0.05, 0) is 99.7 Å². The summed E-state index contributed by atoms with van der Waals surface area (Å²) in [5.41, 5.74) is 12.0. The van der Waals surface area contributed by atoms with Gasteiger partial charge in [0.05, 0.1) is 16.9 Å². The maximum absolute atomic E-state index is 6.91. The van der Waals surface area contributed by atoms with Crippen LogP contribution in [0.4, 0.5) is 22.7 Å². The van der Waals surface area contributed by atoms with Crippen molar-refractivity contribution in [3.8, 4) is 17.3 Å². The molecule has 0 bridgehead atoms. The van der Waals surface area contributed by atoms with E-state index in [-0.39, 0.29) is 16.2 Å². The Morgan fingerprint density at radius 2 is 1.25 bits per heavy atom. The second kappa shape index (κ2) is 12.8. The van der Waals surface area contributed by atoms with Crippen molar-refractivity contribution >= 4 is 55.7 Å². The van der Waals surface area contributed by atoms with Gasteiger partial charge in [-0.1, -0.05) is 105 Å². The second-order valence-electron chi connectivity index (χ2n) is 18.3. The third-order valence-corrected chi connectivity index (χ3v) is 11.1. The number of fused-ring (bicyclic) bond motifs is 6. The van der Waals surface area contributed by atoms with E-state index in [1.54, 1.807) is 0 Å². The summed E-state index contributed by atoms with van der Waals surface area (Å²) in [6, 6.07) is 43.1. The summed E-state index contributed by atoms with van der Waals surface area (Å²) in [6.07, 6.45) is 1.91. The summed E-state index contributed by atoms with van der Waals surface area (Å²) in [4.78, 5) is 9.79. The third kappa shape index (κ3) is 6.08. The molecule has 4 heterocycles. The van der Waals surface area contributed by atoms with Crippen LogP contribution in [-0.4, -0.2) is 16.2 Å². The number of nitrogens with zero attached hydrogens (tertiary/aromatic N) is 4. The number of hydrogen-bond acceptors (Lipinski definition) is 5. The van der Waals surface area contributed by atoms with E-state index in [9.17, 15) is 0 Å². The van der Waals surface area contributed by atoms with Crippen LogP contribution in [0.5, 0.6) is 11.5 Å². The second-order valence-corrected chi connectivity index (χ2v) is 18.3. The van der Waals surface area contributed by atoms with Crippen LogP contribution in [0.2, 0.25) is 0 Å². The third-order valence-electron chi connectivity index (χ3n) is 11.1. The molecule has 5 aromatic carbocycles. The van der Waals surface area contributed by atoms with Crippen molar-refractivity contribution in [3.63, 3.8) is 0 Å². The number of anilines is 4. The molecule has 1 aliphatic rings. The molecule has 0 atom stereocenters. The quantitative estimate of drug-likeness (QED) is 0.176. The van der Waals surface area contributed by atoms with E-state index in [1.165, 1.54) is 33.8 Å². The highest BCUT2D eigenvalue weighted by Gasteiger charge is 2.32. The van der Waals surface area contributed by atoms with Crippen LogP contribution in [-0.2, 0) is 16.2 Å². The zero-order valence-electron chi connectivity index (χ0n) is 33.9. The van der Waals surface area contributed by atoms with Crippen LogP contribution in [0.25, 0.3) is 38.8 Å². The van der Waals surface area contributed by atoms with Crippen molar-refractivity contribution in [1.29, 1.82) is 0 Å². The zero-order chi connectivity index (χ0) is 39.1. The summed E-state index contributed by atoms with van der Waals surface area (Å²) in [6.45, 7) is 21.0. The van der Waals surface area contributed by atoms with Gasteiger partial charge in [-0.25, -0.2) is 4.98 Å². The van der Waals surface area contributed by atoms with Crippen LogP contribution in [0.1, 0.15) is 79.0 Å². The molecule has 8 aromatic rings. The number of ether oxygens (including phenoxy) is 1. The first-order chi connectivity index (χ1) is 26.6. The molecule has 6 heteroatoms. The average molecular weight is 739 g/mol. The summed E-state index contributed by atoms with van der Waals surface area (Å²) < 4.78 is 15.7. The Bertz CT molecular complexity index is 2790. The van der Waals surface area contributed by atoms with Gasteiger partial charge in [0.1, 0.15) is 35.1 Å². The van der Waals surface area contributed by atoms with Gasteiger partial charge in [-0.15, -0.1) is 0 Å². The molecule has 0 radical (unpaired) electrons. The van der Waals surface area contributed by atoms with E-state index >= 15 is 0 Å². The number of furan rings is 1. The maximum Gasteiger partial charge on any atom is 0.161 e. The van der Waals surface area contributed by atoms with Crippen molar-refractivity contribution in [1.82, 2.24) is 9.55 Å². The highest BCUT2D eigenvalue weighted by Crippen LogP contribution is 2.48. The Kier molecular flexibility index (Phi) is 8.14. The Labute approximate surface area is 330 Å². The van der Waals surface area contributed by atoms with E-state index < -0.39 is 0 Å². The van der Waals surface area contributed by atoms with Crippen LogP contribution in [0.15, 0.2) is 132 Å². The predicted octanol–water partition coefficient (Wildman–Crippen LogP) is 13.9. The first kappa shape index (κ1) is 35.7. The summed E-state index contributed by atoms with van der Waals surface area (Å²) in [5, 5.41) is 2.07. The first-order valence-corrected chi connectivity index (χ1v) is 19.6. The van der Waals surface area contributed by atoms with Gasteiger partial charge in [0.25, 0.3) is 0 Å². The molecule has 0 unspecified atom stereocenters. The van der Waals surface area contributed by atoms with Gasteiger partial charge in [0, 0.05) is 40.5 Å². The Morgan fingerprint density at radius 1 is 0.571 bits per heavy atom. The van der Waals surface area contributed by atoms with Gasteiger partial charge >= 0.3 is 0 Å². The molecule has 0 spiro atoms. The lowest BCUT2D eigenvalue weighted by Gasteiger charge is -2.30. The van der Waals surface area contributed by atoms with Gasteiger partial charge in [0.2, 0.25) is 0 Å². The molecule has 3 aromatic heterocycles. The fourth-order valence-corrected chi connectivity index (χ4v) is 8.11. The molecule has 0 N–H and O–H groups in total. The molecule has 0 aliphatic carbocycles. The van der Waals surface area contributed by atoms with E-state index in [0.717, 1.165) is 56.0 Å². The maximum atomic E-state index is 6.91. The summed E-state index contributed by atoms with van der Waals surface area (Å²) >= 11 is 0. The number of hydrogen-bond donors (Lipinski definition) is 0. The van der Waals surface area contributed by atoms with Gasteiger partial charge in [-0.3, -0.25) is 4.57 Å². The molecular formula is C50H50N4O2. The lowest BCUT2D eigenvalue weighted by atomic mass is 9.85. The molecule has 56 heavy (non-hydrogen) atoms. The van der Waals surface area contributed by atoms with Crippen molar-refractivity contribution in [3.05, 3.63) is 144 Å². The summed E-state index contributed by atoms with van der Waals surface area (Å²) in [7, 11) is 0. The highest BCUT2D eigenvalue weighted by molar-refractivity contribution is 6.16. The van der Waals surface area contributed by atoms with Gasteiger partial charge in [0.15, 0.2) is 5.58 Å². The normalized spacial score (nSPS) is 13.7. The molecule has 9 rings (SSSR count). The van der Waals surface area contributed by atoms with E-state index in [2.05, 4.69) is 186 Å². The predicted molar refractivity (Wildman–Crippen MR) is 233 cm³/mol. The number of rotatable bonds is 5. The molecule has 0 saturated carbocycles. The minimum Gasteiger partial charge on any atom is -0.457 e. The standard InChI is InChI=1S/C50H50N4O2/c1-48(2,3)32-24-25-51-45(28-32)54-43-30-35(22-23-37(43)47-46(54)38-16-10-15-21-44(38)56-47)55-36-27-33(49(4,5)6)26-34(29-36)52-31-53(42-20-14-13-19-41(42)52)40-18-12-11-17-39(40)50(7,8)9/h10-30H,31H2,1-9H3. The summed E-state index contributed by atoms with van der Waals surface area (Å²) in [5.74, 6) is 2.39. The Hall–Kier alpha value is -6.01. The van der Waals surface area contributed by atoms with Gasteiger partial charge in [-0.2, -0.15) is 0 Å². The van der Waals surface area contributed by atoms with Crippen molar-refractivity contribution < 1.29 is 9.15 Å². The molecule has 1 aliphatic heterocycles. The Morgan fingerprint density at radius 3 is 1.98 bits per heavy atom. The number of aromatic nitrogens is 2. The molecule has 0 saturated heterocycles. The lowest BCUT2D eigenvalue weighted by molar-refractivity contribution is 0.479. The van der Waals surface area contributed by atoms with Crippen LogP contribution in [0, 0.1) is 0 Å². The smallest absolute Gasteiger partial charge is 0.161 e. The number of para-hydroxylation sites is 4. The topological polar surface area (TPSA) is 46.7 Å². The zero-order valence-corrected chi connectivity index (χ0v) is 33.9. The molecule has 0 amide bonds. The van der Waals surface area contributed by atoms with E-state index in [1.807, 2.05) is 18.3 Å². The molecule has 282 valence electrons. The fraction of sp³-hybridized carbons (Fsp3) is 0.260. The van der Waals surface area contributed by atoms with Crippen LogP contribution >= 0.6 is 0 Å². The lowest BCUT2D eigenvalue weighted by Crippen LogP contribution is -2.27. The number of pyridine rings is 1. The largest absolute Gasteiger partial charge is 0.457 e. The fourth-order valence-electron chi connectivity index (χ4n) is 8.11. The SMILES string of the molecule is CC(C)(C)c1cc(Oc2ccc3c4oc5ccccc5c4n(-c4cc(C(C)(C)C)ccn4)c3c2)cc(N2CN(c3ccccc3C(C)(C)C)c3ccccc32)c1. The van der Waals surface area contributed by atoms with Crippen LogP contribution in [0.3, 0.4) is 0 Å². The van der Waals surface area contributed by atoms with Gasteiger partial charge < -0.3 is 19.0 Å². The van der Waals surface area contributed by atoms with E-state index in [4.69, 9.17) is 14.1 Å². The van der Waals surface area contributed by atoms with Crippen molar-refractivity contribution in [2.45, 2.75) is 78.6 Å². The first-order valence-electron chi connectivity index (χ1n) is 19.6. The van der Waals surface area contributed by atoms with E-state index in [0.29, 0.717) is 6.67 Å². The molecule has 6 nitrogen and oxygen atoms in total. The minimum atomic E-state index is -0.111. The minimum absolute atomic E-state index is 0.00577. The Balaban J connectivity index is 1.16. The van der Waals surface area contributed by atoms with Crippen LogP contribution < -0.4 is 14.5 Å². The monoisotopic (exact) mass is 738 g/mol. The van der Waals surface area contributed by atoms with Crippen molar-refractivity contribution in [2.75, 3.05) is 16.5 Å². The van der Waals surface area contributed by atoms with Crippen molar-refractivity contribution in [2.24, 2.45) is 0 Å². The highest BCUT2D eigenvalue weighted by atomic mass is 16.5. The molecular weight excluding hydrogens is 689 g/mol. The average Bonchev–Trinajstić information content (AvgIpc) is 3.83. The number of benzene rings is 5. The molecule has 0 fully saturated rings.